The number of para-hydroxylation sites is 1. The van der Waals surface area contributed by atoms with Crippen LogP contribution in [0.25, 0.3) is 0 Å². The third kappa shape index (κ3) is 3.67. The predicted octanol–water partition coefficient (Wildman–Crippen LogP) is 6.07. The molecule has 0 radical (unpaired) electrons. The molecule has 2 aromatic carbocycles. The third-order valence-electron chi connectivity index (χ3n) is 4.73. The van der Waals surface area contributed by atoms with Gasteiger partial charge in [-0.3, -0.25) is 5.43 Å². The Balaban J connectivity index is 1.81. The molecule has 0 unspecified atom stereocenters. The Labute approximate surface area is 161 Å². The lowest BCUT2D eigenvalue weighted by molar-refractivity contribution is -0.137. The van der Waals surface area contributed by atoms with E-state index in [2.05, 4.69) is 41.4 Å². The highest BCUT2D eigenvalue weighted by molar-refractivity contribution is 6.33. The van der Waals surface area contributed by atoms with Gasteiger partial charge in [-0.2, -0.15) is 18.3 Å². The van der Waals surface area contributed by atoms with Gasteiger partial charge in [0.2, 0.25) is 0 Å². The van der Waals surface area contributed by atoms with Crippen molar-refractivity contribution in [2.45, 2.75) is 25.4 Å². The summed E-state index contributed by atoms with van der Waals surface area (Å²) in [4.78, 5) is 2.08. The van der Waals surface area contributed by atoms with Crippen LogP contribution >= 0.6 is 11.6 Å². The summed E-state index contributed by atoms with van der Waals surface area (Å²) >= 11 is 5.95. The van der Waals surface area contributed by atoms with Crippen LogP contribution in [0.5, 0.6) is 0 Å². The van der Waals surface area contributed by atoms with E-state index < -0.39 is 11.7 Å². The molecule has 1 heterocycles. The lowest BCUT2D eigenvalue weighted by Crippen LogP contribution is -2.23. The van der Waals surface area contributed by atoms with Crippen LogP contribution in [0, 0.1) is 0 Å². The van der Waals surface area contributed by atoms with Crippen molar-refractivity contribution in [2.24, 2.45) is 5.10 Å². The molecule has 1 aliphatic rings. The monoisotopic (exact) mass is 393 g/mol. The van der Waals surface area contributed by atoms with E-state index in [1.165, 1.54) is 17.8 Å². The van der Waals surface area contributed by atoms with Gasteiger partial charge in [0.05, 0.1) is 16.3 Å². The lowest BCUT2D eigenvalue weighted by atomic mass is 9.84. The average Bonchev–Trinajstić information content (AvgIpc) is 2.79. The molecule has 0 amide bonds. The molecule has 0 atom stereocenters. The third-order valence-corrected chi connectivity index (χ3v) is 5.06. The largest absolute Gasteiger partial charge is 0.416 e. The zero-order valence-electron chi connectivity index (χ0n) is 15.1. The van der Waals surface area contributed by atoms with Crippen molar-refractivity contribution >= 4 is 29.2 Å². The first kappa shape index (κ1) is 19.3. The van der Waals surface area contributed by atoms with Gasteiger partial charge >= 0.3 is 6.18 Å². The summed E-state index contributed by atoms with van der Waals surface area (Å²) in [6, 6.07) is 11.2. The fourth-order valence-electron chi connectivity index (χ4n) is 3.30. The minimum absolute atomic E-state index is 0.100. The first-order chi connectivity index (χ1) is 12.6. The summed E-state index contributed by atoms with van der Waals surface area (Å²) in [7, 11) is 1.98. The topological polar surface area (TPSA) is 27.6 Å². The van der Waals surface area contributed by atoms with Crippen molar-refractivity contribution in [3.05, 3.63) is 70.4 Å². The van der Waals surface area contributed by atoms with Crippen LogP contribution in [0.1, 0.15) is 25.0 Å². The second kappa shape index (κ2) is 6.93. The Morgan fingerprint density at radius 2 is 1.85 bits per heavy atom. The minimum Gasteiger partial charge on any atom is -0.347 e. The Hall–Kier alpha value is -2.47. The van der Waals surface area contributed by atoms with Crippen molar-refractivity contribution in [1.29, 1.82) is 0 Å². The van der Waals surface area contributed by atoms with Gasteiger partial charge in [0.15, 0.2) is 0 Å². The number of hydrogen-bond donors (Lipinski definition) is 1. The van der Waals surface area contributed by atoms with E-state index in [0.29, 0.717) is 0 Å². The fourth-order valence-corrected chi connectivity index (χ4v) is 3.46. The van der Waals surface area contributed by atoms with Crippen LogP contribution in [-0.2, 0) is 11.6 Å². The minimum atomic E-state index is -4.44. The van der Waals surface area contributed by atoms with Crippen molar-refractivity contribution in [3.63, 3.8) is 0 Å². The van der Waals surface area contributed by atoms with Gasteiger partial charge in [0.1, 0.15) is 0 Å². The first-order valence-corrected chi connectivity index (χ1v) is 8.70. The number of benzene rings is 2. The second-order valence-corrected chi connectivity index (χ2v) is 7.24. The Kier molecular flexibility index (Phi) is 4.95. The van der Waals surface area contributed by atoms with E-state index in [1.54, 1.807) is 0 Å². The molecule has 142 valence electrons. The first-order valence-electron chi connectivity index (χ1n) is 8.32. The van der Waals surface area contributed by atoms with E-state index in [9.17, 15) is 13.2 Å². The van der Waals surface area contributed by atoms with E-state index >= 15 is 0 Å². The van der Waals surface area contributed by atoms with E-state index in [1.807, 2.05) is 25.3 Å². The molecule has 3 nitrogen and oxygen atoms in total. The number of alkyl halides is 3. The number of nitrogens with zero attached hydrogens (tertiary/aromatic N) is 2. The van der Waals surface area contributed by atoms with Gasteiger partial charge in [-0.1, -0.05) is 43.6 Å². The van der Waals surface area contributed by atoms with Gasteiger partial charge in [0, 0.05) is 30.1 Å². The van der Waals surface area contributed by atoms with Crippen LogP contribution in [0.2, 0.25) is 5.02 Å². The van der Waals surface area contributed by atoms with Crippen molar-refractivity contribution in [1.82, 2.24) is 0 Å². The Morgan fingerprint density at radius 1 is 1.15 bits per heavy atom. The molecule has 3 rings (SSSR count). The quantitative estimate of drug-likeness (QED) is 0.506. The summed E-state index contributed by atoms with van der Waals surface area (Å²) < 4.78 is 38.5. The van der Waals surface area contributed by atoms with Crippen molar-refractivity contribution in [3.8, 4) is 0 Å². The van der Waals surface area contributed by atoms with E-state index in [0.717, 1.165) is 23.5 Å². The molecule has 1 aliphatic heterocycles. The Morgan fingerprint density at radius 3 is 2.52 bits per heavy atom. The standard InChI is InChI=1S/C20H19ClF3N3/c1-19(2)14-6-4-5-7-17(14)27(3)18(19)10-11-25-26-16-12-13(20(22,23)24)8-9-15(16)21/h4-12,26H,1-3H3/b18-10+,25-11-. The Bertz CT molecular complexity index is 917. The molecule has 7 heteroatoms. The van der Waals surface area contributed by atoms with Gasteiger partial charge in [0.25, 0.3) is 0 Å². The fraction of sp³-hybridized carbons (Fsp3) is 0.250. The molecule has 0 spiro atoms. The van der Waals surface area contributed by atoms with Crippen LogP contribution in [0.3, 0.4) is 0 Å². The number of allylic oxidation sites excluding steroid dienone is 2. The maximum absolute atomic E-state index is 12.8. The number of hydrogen-bond acceptors (Lipinski definition) is 3. The predicted molar refractivity (Wildman–Crippen MR) is 105 cm³/mol. The lowest BCUT2D eigenvalue weighted by Gasteiger charge is -2.23. The number of fused-ring (bicyclic) bond motifs is 1. The number of anilines is 2. The molecule has 0 bridgehead atoms. The SMILES string of the molecule is CN1/C(=C/C=N\Nc2cc(C(F)(F)F)ccc2Cl)C(C)(C)c2ccccc21. The highest BCUT2D eigenvalue weighted by atomic mass is 35.5. The van der Waals surface area contributed by atoms with Gasteiger partial charge in [-0.25, -0.2) is 0 Å². The summed E-state index contributed by atoms with van der Waals surface area (Å²) in [5.74, 6) is 0. The molecule has 0 saturated heterocycles. The molecule has 2 aromatic rings. The molecule has 0 aliphatic carbocycles. The summed E-state index contributed by atoms with van der Waals surface area (Å²) in [6.07, 6.45) is -1.07. The van der Waals surface area contributed by atoms with Gasteiger partial charge < -0.3 is 4.90 Å². The molecule has 27 heavy (non-hydrogen) atoms. The van der Waals surface area contributed by atoms with Gasteiger partial charge in [-0.15, -0.1) is 0 Å². The zero-order valence-corrected chi connectivity index (χ0v) is 15.9. The number of rotatable bonds is 3. The molecular formula is C20H19ClF3N3. The zero-order chi connectivity index (χ0) is 19.8. The smallest absolute Gasteiger partial charge is 0.347 e. The summed E-state index contributed by atoms with van der Waals surface area (Å²) in [6.45, 7) is 4.23. The van der Waals surface area contributed by atoms with E-state index in [-0.39, 0.29) is 16.1 Å². The molecule has 0 fully saturated rings. The molecular weight excluding hydrogens is 375 g/mol. The normalized spacial score (nSPS) is 17.6. The summed E-state index contributed by atoms with van der Waals surface area (Å²) in [5, 5.41) is 4.19. The molecule has 0 aromatic heterocycles. The maximum atomic E-state index is 12.8. The van der Waals surface area contributed by atoms with E-state index in [4.69, 9.17) is 11.6 Å². The number of halogens is 4. The van der Waals surface area contributed by atoms with Crippen LogP contribution in [0.15, 0.2) is 59.3 Å². The van der Waals surface area contributed by atoms with Crippen LogP contribution in [0.4, 0.5) is 24.5 Å². The van der Waals surface area contributed by atoms with Crippen molar-refractivity contribution in [2.75, 3.05) is 17.4 Å². The number of nitrogens with one attached hydrogen (secondary N) is 1. The van der Waals surface area contributed by atoms with Crippen molar-refractivity contribution < 1.29 is 13.2 Å². The molecule has 1 N–H and O–H groups in total. The highest BCUT2D eigenvalue weighted by Crippen LogP contribution is 2.46. The van der Waals surface area contributed by atoms with Gasteiger partial charge in [-0.05, 0) is 35.9 Å². The van der Waals surface area contributed by atoms with Crippen LogP contribution < -0.4 is 10.3 Å². The number of hydrazone groups is 1. The second-order valence-electron chi connectivity index (χ2n) is 6.84. The molecule has 0 saturated carbocycles. The summed E-state index contributed by atoms with van der Waals surface area (Å²) in [5.41, 5.74) is 5.06. The number of likely N-dealkylation sites (N-methyl/N-ethyl adjacent to an activating group) is 1. The van der Waals surface area contributed by atoms with Crippen LogP contribution in [-0.4, -0.2) is 13.3 Å². The average molecular weight is 394 g/mol. The highest BCUT2D eigenvalue weighted by Gasteiger charge is 2.37. The maximum Gasteiger partial charge on any atom is 0.416 e.